The summed E-state index contributed by atoms with van der Waals surface area (Å²) in [6.07, 6.45) is 1.27. The van der Waals surface area contributed by atoms with E-state index < -0.39 is 68.6 Å². The van der Waals surface area contributed by atoms with Crippen molar-refractivity contribution < 1.29 is 37.1 Å². The van der Waals surface area contributed by atoms with E-state index in [1.165, 1.54) is 4.90 Å². The summed E-state index contributed by atoms with van der Waals surface area (Å²) in [7, 11) is -3.54. The maximum absolute atomic E-state index is 14.1. The van der Waals surface area contributed by atoms with Gasteiger partial charge in [0.15, 0.2) is 9.84 Å². The van der Waals surface area contributed by atoms with E-state index in [0.717, 1.165) is 12.8 Å². The highest BCUT2D eigenvalue weighted by molar-refractivity contribution is 7.90. The number of benzene rings is 1. The number of alkyl carbamates (subject to hydrolysis) is 1. The average Bonchev–Trinajstić information content (AvgIpc) is 3.81. The van der Waals surface area contributed by atoms with Gasteiger partial charge >= 0.3 is 6.09 Å². The summed E-state index contributed by atoms with van der Waals surface area (Å²) in [4.78, 5) is 68.8. The van der Waals surface area contributed by atoms with Crippen LogP contribution in [0.25, 0.3) is 0 Å². The highest BCUT2D eigenvalue weighted by atomic mass is 32.2. The first-order valence-corrected chi connectivity index (χ1v) is 18.6. The Balaban J connectivity index is 1.45. The molecule has 3 fully saturated rings. The predicted octanol–water partition coefficient (Wildman–Crippen LogP) is 2.99. The van der Waals surface area contributed by atoms with Gasteiger partial charge in [-0.25, -0.2) is 13.2 Å². The molecule has 1 aliphatic heterocycles. The summed E-state index contributed by atoms with van der Waals surface area (Å²) in [5.41, 5.74) is -1.08. The minimum Gasteiger partial charge on any atom is -0.444 e. The molecule has 48 heavy (non-hydrogen) atoms. The van der Waals surface area contributed by atoms with Gasteiger partial charge in [0.25, 0.3) is 5.91 Å². The zero-order valence-corrected chi connectivity index (χ0v) is 30.2. The van der Waals surface area contributed by atoms with Gasteiger partial charge in [-0.3, -0.25) is 19.2 Å². The van der Waals surface area contributed by atoms with Crippen molar-refractivity contribution in [2.45, 2.75) is 104 Å². The van der Waals surface area contributed by atoms with Gasteiger partial charge in [0.1, 0.15) is 17.7 Å². The third kappa shape index (κ3) is 9.35. The molecule has 2 saturated carbocycles. The molecule has 12 nitrogen and oxygen atoms in total. The molecule has 5 atom stereocenters. The maximum atomic E-state index is 14.1. The van der Waals surface area contributed by atoms with Crippen LogP contribution in [0.3, 0.4) is 0 Å². The van der Waals surface area contributed by atoms with Crippen molar-refractivity contribution in [3.63, 3.8) is 0 Å². The zero-order chi connectivity index (χ0) is 35.8. The number of nitrogens with zero attached hydrogens (tertiary/aromatic N) is 1. The molecule has 3 aliphatic rings. The van der Waals surface area contributed by atoms with Crippen molar-refractivity contribution in [3.05, 3.63) is 35.9 Å². The van der Waals surface area contributed by atoms with Crippen LogP contribution < -0.4 is 16.0 Å². The molecule has 0 bridgehead atoms. The Morgan fingerprint density at radius 3 is 2.17 bits per heavy atom. The molecule has 4 amide bonds. The van der Waals surface area contributed by atoms with Crippen LogP contribution in [-0.4, -0.2) is 85.5 Å². The van der Waals surface area contributed by atoms with Crippen LogP contribution >= 0.6 is 0 Å². The topological polar surface area (TPSA) is 168 Å². The van der Waals surface area contributed by atoms with Gasteiger partial charge < -0.3 is 25.6 Å². The molecule has 1 saturated heterocycles. The molecule has 2 aliphatic carbocycles. The van der Waals surface area contributed by atoms with Crippen LogP contribution in [0.5, 0.6) is 0 Å². The molecule has 4 rings (SSSR count). The largest absolute Gasteiger partial charge is 0.444 e. The molecule has 0 aromatic heterocycles. The molecule has 1 unspecified atom stereocenters. The van der Waals surface area contributed by atoms with E-state index in [1.807, 2.05) is 34.6 Å². The van der Waals surface area contributed by atoms with Crippen molar-refractivity contribution in [2.24, 2.45) is 28.6 Å². The van der Waals surface area contributed by atoms with Crippen molar-refractivity contribution in [2.75, 3.05) is 18.8 Å². The number of sulfone groups is 1. The lowest BCUT2D eigenvalue weighted by molar-refractivity contribution is -0.145. The number of Topliss-reactive ketones (excluding diaryl/α,β-unsaturated/α-hetero) is 1. The van der Waals surface area contributed by atoms with E-state index in [-0.39, 0.29) is 47.6 Å². The highest BCUT2D eigenvalue weighted by Gasteiger charge is 2.70. The van der Waals surface area contributed by atoms with Gasteiger partial charge in [-0.15, -0.1) is 0 Å². The van der Waals surface area contributed by atoms with E-state index in [9.17, 15) is 32.4 Å². The van der Waals surface area contributed by atoms with Gasteiger partial charge in [-0.2, -0.15) is 0 Å². The predicted molar refractivity (Wildman–Crippen MR) is 180 cm³/mol. The fourth-order valence-electron chi connectivity index (χ4n) is 6.69. The Hall–Kier alpha value is -3.48. The molecule has 3 N–H and O–H groups in total. The Kier molecular flexibility index (Phi) is 10.7. The van der Waals surface area contributed by atoms with Crippen LogP contribution in [0.2, 0.25) is 0 Å². The van der Waals surface area contributed by atoms with Crippen molar-refractivity contribution in [1.29, 1.82) is 0 Å². The number of ether oxygens (including phenoxy) is 1. The second-order valence-corrected chi connectivity index (χ2v) is 18.5. The number of hydrogen-bond donors (Lipinski definition) is 3. The van der Waals surface area contributed by atoms with Crippen molar-refractivity contribution in [1.82, 2.24) is 20.9 Å². The van der Waals surface area contributed by atoms with E-state index in [4.69, 9.17) is 4.74 Å². The van der Waals surface area contributed by atoms with Gasteiger partial charge in [-0.05, 0) is 61.3 Å². The lowest BCUT2D eigenvalue weighted by atomic mass is 9.85. The van der Waals surface area contributed by atoms with E-state index in [1.54, 1.807) is 51.1 Å². The Bertz CT molecular complexity index is 1510. The van der Waals surface area contributed by atoms with Gasteiger partial charge in [0.05, 0.1) is 17.5 Å². The first-order chi connectivity index (χ1) is 22.1. The van der Waals surface area contributed by atoms with Crippen molar-refractivity contribution >= 4 is 39.4 Å². The number of ketones is 1. The first-order valence-electron chi connectivity index (χ1n) is 16.8. The summed E-state index contributed by atoms with van der Waals surface area (Å²) < 4.78 is 30.6. The summed E-state index contributed by atoms with van der Waals surface area (Å²) in [5, 5.41) is 7.95. The first kappa shape index (κ1) is 37.3. The second kappa shape index (κ2) is 13.8. The Labute approximate surface area is 284 Å². The molecule has 0 spiro atoms. The van der Waals surface area contributed by atoms with Crippen LogP contribution in [0.4, 0.5) is 4.79 Å². The quantitative estimate of drug-likeness (QED) is 0.266. The molecule has 1 aromatic rings. The SMILES string of the molecule is CC(C)(C)OC(=O)N[C@H](C(=O)N1C[C@H]2[C@@H]([C@H]1C(=O)NC(CC1CC1)C(=O)C(=O)NCCS(=O)(=O)Cc1ccccc1)C2(C)C)C(C)(C)C. The zero-order valence-electron chi connectivity index (χ0n) is 29.4. The number of carbonyl (C=O) groups is 5. The van der Waals surface area contributed by atoms with Gasteiger partial charge in [0, 0.05) is 13.1 Å². The van der Waals surface area contributed by atoms with Gasteiger partial charge in [-0.1, -0.05) is 77.8 Å². The lowest BCUT2D eigenvalue weighted by Crippen LogP contribution is -2.60. The fraction of sp³-hybridized carbons (Fsp3) is 0.686. The third-order valence-corrected chi connectivity index (χ3v) is 11.2. The lowest BCUT2D eigenvalue weighted by Gasteiger charge is -2.38. The number of amides is 4. The van der Waals surface area contributed by atoms with Crippen LogP contribution in [0.1, 0.15) is 80.2 Å². The average molecular weight is 689 g/mol. The van der Waals surface area contributed by atoms with Crippen molar-refractivity contribution in [3.8, 4) is 0 Å². The number of piperidine rings is 1. The Morgan fingerprint density at radius 2 is 1.60 bits per heavy atom. The number of fused-ring (bicyclic) bond motifs is 1. The van der Waals surface area contributed by atoms with Crippen LogP contribution in [-0.2, 0) is 39.5 Å². The number of likely N-dealkylation sites (tertiary alicyclic amines) is 1. The molecule has 266 valence electrons. The third-order valence-electron chi connectivity index (χ3n) is 9.58. The molecule has 13 heteroatoms. The number of rotatable bonds is 13. The summed E-state index contributed by atoms with van der Waals surface area (Å²) in [6, 6.07) is 5.67. The molecule has 1 aromatic carbocycles. The molecular weight excluding hydrogens is 636 g/mol. The molecule has 1 heterocycles. The van der Waals surface area contributed by atoms with Crippen LogP contribution in [0.15, 0.2) is 30.3 Å². The molecule has 0 radical (unpaired) electrons. The van der Waals surface area contributed by atoms with Crippen LogP contribution in [0, 0.1) is 28.6 Å². The number of hydrogen-bond acceptors (Lipinski definition) is 8. The highest BCUT2D eigenvalue weighted by Crippen LogP contribution is 2.65. The van der Waals surface area contributed by atoms with E-state index >= 15 is 0 Å². The van der Waals surface area contributed by atoms with E-state index in [0.29, 0.717) is 12.1 Å². The minimum absolute atomic E-state index is 0.0538. The second-order valence-electron chi connectivity index (χ2n) is 16.3. The van der Waals surface area contributed by atoms with E-state index in [2.05, 4.69) is 16.0 Å². The standard InChI is InChI=1S/C35H52N4O8S/c1-33(2,3)28(38-32(44)47-34(4,5)6)31(43)39-19-23-25(35(23,7)8)26(39)29(41)37-24(18-21-14-15-21)27(40)30(42)36-16-17-48(45,46)20-22-12-10-9-11-13-22/h9-13,21,23-26,28H,14-20H2,1-8H3,(H,36,42)(H,37,41)(H,38,44)/t23-,24?,25-,26-,28+/m0/s1. The fourth-order valence-corrected chi connectivity index (χ4v) is 7.95. The smallest absolute Gasteiger partial charge is 0.408 e. The summed E-state index contributed by atoms with van der Waals surface area (Å²) >= 11 is 0. The summed E-state index contributed by atoms with van der Waals surface area (Å²) in [5.74, 6) is -3.22. The molecular formula is C35H52N4O8S. The number of nitrogens with one attached hydrogen (secondary N) is 3. The normalized spacial score (nSPS) is 22.9. The number of carbonyl (C=O) groups excluding carboxylic acids is 5. The maximum Gasteiger partial charge on any atom is 0.408 e. The Morgan fingerprint density at radius 1 is 0.979 bits per heavy atom. The monoisotopic (exact) mass is 688 g/mol. The minimum atomic E-state index is -3.54. The van der Waals surface area contributed by atoms with Gasteiger partial charge in [0.2, 0.25) is 17.6 Å². The summed E-state index contributed by atoms with van der Waals surface area (Å²) in [6.45, 7) is 14.8.